The lowest BCUT2D eigenvalue weighted by Crippen LogP contribution is -2.60. The van der Waals surface area contributed by atoms with Crippen LogP contribution < -0.4 is 16.0 Å². The van der Waals surface area contributed by atoms with Gasteiger partial charge >= 0.3 is 12.1 Å². The van der Waals surface area contributed by atoms with Crippen LogP contribution in [0.25, 0.3) is 0 Å². The third kappa shape index (κ3) is 5.72. The quantitative estimate of drug-likeness (QED) is 0.602. The average Bonchev–Trinajstić information content (AvgIpc) is 2.58. The van der Waals surface area contributed by atoms with E-state index in [0.29, 0.717) is 6.42 Å². The summed E-state index contributed by atoms with van der Waals surface area (Å²) in [5, 5.41) is 9.27. The van der Waals surface area contributed by atoms with Gasteiger partial charge in [-0.3, -0.25) is 0 Å². The lowest BCUT2D eigenvalue weighted by Gasteiger charge is -2.56. The molecular weight excluding hydrogens is 390 g/mol. The smallest absolute Gasteiger partial charge is 0.407 e. The molecule has 6 heteroatoms. The normalized spacial score (nSPS) is 29.9. The standard InChI is InChI=1S/C25H37N3O3/c1-16(26-23(30)31-24(2,3)4)8-17-6-5-7-21(12-17)27-22(29)28-25-13-18-9-19(14-25)11-20(10-18)15-25/h5-7,12,16,18-20H,8-11,13-15H2,1-4H3,(H,26,30)(H2,27,28,29). The van der Waals surface area contributed by atoms with Gasteiger partial charge in [0.05, 0.1) is 0 Å². The van der Waals surface area contributed by atoms with Crippen molar-refractivity contribution in [3.05, 3.63) is 29.8 Å². The number of rotatable bonds is 5. The first-order valence-electron chi connectivity index (χ1n) is 11.8. The molecule has 5 rings (SSSR count). The number of alkyl carbamates (subject to hydrolysis) is 1. The van der Waals surface area contributed by atoms with Crippen molar-refractivity contribution in [2.45, 2.75) is 89.8 Å². The number of amides is 3. The first-order valence-corrected chi connectivity index (χ1v) is 11.8. The minimum absolute atomic E-state index is 0.00228. The van der Waals surface area contributed by atoms with E-state index in [9.17, 15) is 9.59 Å². The number of carbonyl (C=O) groups excluding carboxylic acids is 2. The predicted octanol–water partition coefficient (Wildman–Crippen LogP) is 5.23. The number of carbonyl (C=O) groups is 2. The highest BCUT2D eigenvalue weighted by Crippen LogP contribution is 2.55. The molecule has 0 heterocycles. The fraction of sp³-hybridized carbons (Fsp3) is 0.680. The molecule has 3 amide bonds. The topological polar surface area (TPSA) is 79.5 Å². The molecule has 31 heavy (non-hydrogen) atoms. The highest BCUT2D eigenvalue weighted by molar-refractivity contribution is 5.89. The molecule has 4 bridgehead atoms. The van der Waals surface area contributed by atoms with Crippen molar-refractivity contribution in [3.63, 3.8) is 0 Å². The molecule has 1 atom stereocenters. The van der Waals surface area contributed by atoms with Crippen molar-refractivity contribution >= 4 is 17.8 Å². The lowest BCUT2D eigenvalue weighted by atomic mass is 9.53. The second-order valence-corrected chi connectivity index (χ2v) is 11.2. The zero-order chi connectivity index (χ0) is 22.2. The van der Waals surface area contributed by atoms with Crippen LogP contribution in [-0.4, -0.2) is 29.3 Å². The highest BCUT2D eigenvalue weighted by Gasteiger charge is 2.51. The van der Waals surface area contributed by atoms with E-state index in [-0.39, 0.29) is 17.6 Å². The van der Waals surface area contributed by atoms with Crippen LogP contribution in [0.2, 0.25) is 0 Å². The molecule has 1 unspecified atom stereocenters. The van der Waals surface area contributed by atoms with E-state index in [1.807, 2.05) is 52.0 Å². The monoisotopic (exact) mass is 427 g/mol. The SMILES string of the molecule is CC(Cc1cccc(NC(=O)NC23CC4CC(CC(C4)C2)C3)c1)NC(=O)OC(C)(C)C. The number of urea groups is 1. The molecular formula is C25H37N3O3. The number of hydrogen-bond acceptors (Lipinski definition) is 3. The molecule has 4 fully saturated rings. The van der Waals surface area contributed by atoms with Crippen molar-refractivity contribution in [3.8, 4) is 0 Å². The molecule has 4 aliphatic carbocycles. The molecule has 4 aliphatic rings. The summed E-state index contributed by atoms with van der Waals surface area (Å²) in [4.78, 5) is 24.8. The van der Waals surface area contributed by atoms with E-state index in [0.717, 1.165) is 48.3 Å². The largest absolute Gasteiger partial charge is 0.444 e. The van der Waals surface area contributed by atoms with Crippen LogP contribution in [0.4, 0.5) is 15.3 Å². The first-order chi connectivity index (χ1) is 14.6. The number of nitrogens with one attached hydrogen (secondary N) is 3. The van der Waals surface area contributed by atoms with Crippen LogP contribution in [0.15, 0.2) is 24.3 Å². The van der Waals surface area contributed by atoms with Gasteiger partial charge in [0.2, 0.25) is 0 Å². The fourth-order valence-electron chi connectivity index (χ4n) is 6.36. The van der Waals surface area contributed by atoms with Gasteiger partial charge in [-0.05, 0) is 108 Å². The molecule has 1 aromatic carbocycles. The van der Waals surface area contributed by atoms with Crippen LogP contribution in [0.3, 0.4) is 0 Å². The third-order valence-electron chi connectivity index (χ3n) is 6.91. The van der Waals surface area contributed by atoms with Gasteiger partial charge < -0.3 is 20.7 Å². The summed E-state index contributed by atoms with van der Waals surface area (Å²) in [6.07, 6.45) is 7.75. The van der Waals surface area contributed by atoms with Gasteiger partial charge in [0.1, 0.15) is 5.60 Å². The fourth-order valence-corrected chi connectivity index (χ4v) is 6.36. The maximum Gasteiger partial charge on any atom is 0.407 e. The number of benzene rings is 1. The zero-order valence-electron chi connectivity index (χ0n) is 19.3. The molecule has 3 N–H and O–H groups in total. The average molecular weight is 428 g/mol. The van der Waals surface area contributed by atoms with Crippen LogP contribution in [0.5, 0.6) is 0 Å². The summed E-state index contributed by atoms with van der Waals surface area (Å²) < 4.78 is 5.32. The van der Waals surface area contributed by atoms with Gasteiger partial charge in [-0.15, -0.1) is 0 Å². The van der Waals surface area contributed by atoms with E-state index in [2.05, 4.69) is 16.0 Å². The molecule has 6 nitrogen and oxygen atoms in total. The van der Waals surface area contributed by atoms with Crippen molar-refractivity contribution < 1.29 is 14.3 Å². The van der Waals surface area contributed by atoms with Crippen molar-refractivity contribution in [2.75, 3.05) is 5.32 Å². The Hall–Kier alpha value is -2.24. The Morgan fingerprint density at radius 3 is 2.29 bits per heavy atom. The minimum Gasteiger partial charge on any atom is -0.444 e. The summed E-state index contributed by atoms with van der Waals surface area (Å²) in [6, 6.07) is 7.66. The second-order valence-electron chi connectivity index (χ2n) is 11.2. The predicted molar refractivity (Wildman–Crippen MR) is 122 cm³/mol. The maximum absolute atomic E-state index is 12.8. The number of ether oxygens (including phenoxy) is 1. The third-order valence-corrected chi connectivity index (χ3v) is 6.91. The lowest BCUT2D eigenvalue weighted by molar-refractivity contribution is -0.0127. The molecule has 0 spiro atoms. The van der Waals surface area contributed by atoms with Gasteiger partial charge in [-0.1, -0.05) is 12.1 Å². The van der Waals surface area contributed by atoms with Crippen molar-refractivity contribution in [1.29, 1.82) is 0 Å². The molecule has 0 aliphatic heterocycles. The van der Waals surface area contributed by atoms with E-state index in [4.69, 9.17) is 4.74 Å². The molecule has 170 valence electrons. The molecule has 0 radical (unpaired) electrons. The van der Waals surface area contributed by atoms with Crippen LogP contribution in [0, 0.1) is 17.8 Å². The summed E-state index contributed by atoms with van der Waals surface area (Å²) >= 11 is 0. The van der Waals surface area contributed by atoms with Crippen molar-refractivity contribution in [1.82, 2.24) is 10.6 Å². The van der Waals surface area contributed by atoms with Gasteiger partial charge in [-0.2, -0.15) is 0 Å². The summed E-state index contributed by atoms with van der Waals surface area (Å²) in [5.41, 5.74) is 1.32. The molecule has 1 aromatic rings. The van der Waals surface area contributed by atoms with E-state index in [1.165, 1.54) is 19.3 Å². The Labute approximate surface area is 185 Å². The summed E-state index contributed by atoms with van der Waals surface area (Å²) in [7, 11) is 0. The number of anilines is 1. The van der Waals surface area contributed by atoms with Gasteiger partial charge in [0.15, 0.2) is 0 Å². The van der Waals surface area contributed by atoms with Crippen LogP contribution in [0.1, 0.15) is 71.8 Å². The van der Waals surface area contributed by atoms with Gasteiger partial charge in [0, 0.05) is 17.3 Å². The maximum atomic E-state index is 12.8. The van der Waals surface area contributed by atoms with Crippen LogP contribution in [-0.2, 0) is 11.2 Å². The number of hydrogen-bond donors (Lipinski definition) is 3. The summed E-state index contributed by atoms with van der Waals surface area (Å²) in [6.45, 7) is 7.49. The zero-order valence-corrected chi connectivity index (χ0v) is 19.3. The Morgan fingerprint density at radius 2 is 1.71 bits per heavy atom. The highest BCUT2D eigenvalue weighted by atomic mass is 16.6. The van der Waals surface area contributed by atoms with Crippen LogP contribution >= 0.6 is 0 Å². The van der Waals surface area contributed by atoms with E-state index < -0.39 is 11.7 Å². The van der Waals surface area contributed by atoms with Gasteiger partial charge in [0.25, 0.3) is 0 Å². The summed E-state index contributed by atoms with van der Waals surface area (Å²) in [5.74, 6) is 2.40. The molecule has 0 aromatic heterocycles. The molecule has 4 saturated carbocycles. The Balaban J connectivity index is 1.30. The Morgan fingerprint density at radius 1 is 1.10 bits per heavy atom. The van der Waals surface area contributed by atoms with E-state index in [1.54, 1.807) is 0 Å². The van der Waals surface area contributed by atoms with Crippen molar-refractivity contribution in [2.24, 2.45) is 17.8 Å². The Kier molecular flexibility index (Phi) is 5.93. The first kappa shape index (κ1) is 22.0. The van der Waals surface area contributed by atoms with Gasteiger partial charge in [-0.25, -0.2) is 9.59 Å². The molecule has 0 saturated heterocycles. The Bertz CT molecular complexity index is 794. The van der Waals surface area contributed by atoms with E-state index >= 15 is 0 Å². The second kappa shape index (κ2) is 8.36. The minimum atomic E-state index is -0.516.